The van der Waals surface area contributed by atoms with Crippen molar-refractivity contribution in [3.63, 3.8) is 0 Å². The van der Waals surface area contributed by atoms with Crippen molar-refractivity contribution in [2.45, 2.75) is 50.2 Å². The molecule has 2 aromatic carbocycles. The van der Waals surface area contributed by atoms with Crippen LogP contribution < -0.4 is 24.8 Å². The Morgan fingerprint density at radius 3 is 2.42 bits per heavy atom. The van der Waals surface area contributed by atoms with E-state index in [2.05, 4.69) is 10.6 Å². The Morgan fingerprint density at radius 1 is 1.07 bits per heavy atom. The third-order valence-corrected chi connectivity index (χ3v) is 8.02. The number of nitrogens with zero attached hydrogens (tertiary/aromatic N) is 1. The number of fused-ring (bicyclic) bond motifs is 1. The average Bonchev–Trinajstić information content (AvgIpc) is 3.38. The maximum Gasteiger partial charge on any atom is 0.404 e. The molecule has 2 aromatic rings. The van der Waals surface area contributed by atoms with Gasteiger partial charge in [0.25, 0.3) is 0 Å². The minimum Gasteiger partial charge on any atom is -0.494 e. The van der Waals surface area contributed by atoms with Crippen LogP contribution in [-0.2, 0) is 21.2 Å². The van der Waals surface area contributed by atoms with Gasteiger partial charge in [-0.3, -0.25) is 4.79 Å². The number of amides is 2. The molecule has 0 aromatic heterocycles. The fraction of sp³-hybridized carbons (Fsp3) is 0.481. The molecule has 0 saturated heterocycles. The van der Waals surface area contributed by atoms with Gasteiger partial charge in [-0.15, -0.1) is 0 Å². The molecule has 13 heteroatoms. The number of aliphatic hydroxyl groups is 1. The first kappa shape index (κ1) is 31.0. The topological polar surface area (TPSA) is 164 Å². The number of aliphatic hydroxyl groups excluding tert-OH is 1. The normalized spacial score (nSPS) is 14.2. The number of ether oxygens (including phenoxy) is 3. The molecule has 0 spiro atoms. The summed E-state index contributed by atoms with van der Waals surface area (Å²) in [5.41, 5.74) is 0.713. The standard InChI is InChI=1S/C27H37N3O9S/c1-18(2)15-30(40(35,36)21-10-11-24-25(14-21)39-17-38-24)16-23(31)22(29-27(33)34)13-19-6-8-20(9-7-19)37-12-4-5-26(32)28-3/h6-11,14,18,22-23,29,31H,4-5,12-13,15-17H2,1-3H3,(H,28,32)(H,33,34)/t22-,23+/m0/s1. The van der Waals surface area contributed by atoms with Crippen LogP contribution in [0.4, 0.5) is 4.79 Å². The molecule has 2 amide bonds. The average molecular weight is 580 g/mol. The predicted molar refractivity (Wildman–Crippen MR) is 146 cm³/mol. The van der Waals surface area contributed by atoms with Crippen LogP contribution in [0.2, 0.25) is 0 Å². The van der Waals surface area contributed by atoms with Gasteiger partial charge in [0.15, 0.2) is 11.5 Å². The number of sulfonamides is 1. The molecule has 4 N–H and O–H groups in total. The zero-order chi connectivity index (χ0) is 29.3. The van der Waals surface area contributed by atoms with Gasteiger partial charge in [0.1, 0.15) is 5.75 Å². The van der Waals surface area contributed by atoms with Crippen molar-refractivity contribution in [2.24, 2.45) is 5.92 Å². The first-order valence-electron chi connectivity index (χ1n) is 13.0. The van der Waals surface area contributed by atoms with Crippen LogP contribution in [0, 0.1) is 5.92 Å². The van der Waals surface area contributed by atoms with Crippen molar-refractivity contribution >= 4 is 22.0 Å². The van der Waals surface area contributed by atoms with Gasteiger partial charge in [-0.2, -0.15) is 4.31 Å². The van der Waals surface area contributed by atoms with E-state index >= 15 is 0 Å². The minimum atomic E-state index is -4.05. The molecule has 1 heterocycles. The van der Waals surface area contributed by atoms with Gasteiger partial charge in [0.2, 0.25) is 22.7 Å². The first-order chi connectivity index (χ1) is 19.0. The molecule has 12 nitrogen and oxygen atoms in total. The quantitative estimate of drug-likeness (QED) is 0.232. The van der Waals surface area contributed by atoms with Gasteiger partial charge in [-0.05, 0) is 48.6 Å². The number of carbonyl (C=O) groups excluding carboxylic acids is 1. The van der Waals surface area contributed by atoms with Crippen molar-refractivity contribution in [2.75, 3.05) is 33.5 Å². The van der Waals surface area contributed by atoms with Crippen molar-refractivity contribution in [3.05, 3.63) is 48.0 Å². The zero-order valence-corrected chi connectivity index (χ0v) is 23.6. The maximum absolute atomic E-state index is 13.6. The highest BCUT2D eigenvalue weighted by Gasteiger charge is 2.32. The predicted octanol–water partition coefficient (Wildman–Crippen LogP) is 2.21. The van der Waals surface area contributed by atoms with E-state index in [-0.39, 0.29) is 43.0 Å². The first-order valence-corrected chi connectivity index (χ1v) is 14.4. The molecule has 3 rings (SSSR count). The number of benzene rings is 2. The van der Waals surface area contributed by atoms with E-state index in [9.17, 15) is 28.2 Å². The van der Waals surface area contributed by atoms with Crippen molar-refractivity contribution in [1.29, 1.82) is 0 Å². The third-order valence-electron chi connectivity index (χ3n) is 6.19. The van der Waals surface area contributed by atoms with E-state index in [0.717, 1.165) is 4.31 Å². The van der Waals surface area contributed by atoms with Crippen LogP contribution in [0.5, 0.6) is 17.2 Å². The molecule has 40 heavy (non-hydrogen) atoms. The van der Waals surface area contributed by atoms with Crippen LogP contribution in [0.25, 0.3) is 0 Å². The Bertz CT molecular complexity index is 1250. The molecule has 220 valence electrons. The summed E-state index contributed by atoms with van der Waals surface area (Å²) in [6.07, 6.45) is -1.66. The SMILES string of the molecule is CNC(=O)CCCOc1ccc(C[C@H](NC(=O)O)[C@H](O)CN(CC(C)C)S(=O)(=O)c2ccc3c(c2)OCO3)cc1. The van der Waals surface area contributed by atoms with Crippen LogP contribution in [0.1, 0.15) is 32.3 Å². The molecule has 1 aliphatic heterocycles. The van der Waals surface area contributed by atoms with E-state index in [1.54, 1.807) is 31.3 Å². The molecule has 0 bridgehead atoms. The van der Waals surface area contributed by atoms with Crippen molar-refractivity contribution in [3.8, 4) is 17.2 Å². The van der Waals surface area contributed by atoms with Crippen molar-refractivity contribution in [1.82, 2.24) is 14.9 Å². The smallest absolute Gasteiger partial charge is 0.404 e. The van der Waals surface area contributed by atoms with E-state index in [4.69, 9.17) is 14.2 Å². The van der Waals surface area contributed by atoms with Gasteiger partial charge < -0.3 is 35.1 Å². The number of rotatable bonds is 15. The van der Waals surface area contributed by atoms with Crippen LogP contribution in [-0.4, -0.2) is 80.6 Å². The Kier molecular flexibility index (Phi) is 11.0. The van der Waals surface area contributed by atoms with Gasteiger partial charge >= 0.3 is 6.09 Å². The molecule has 0 radical (unpaired) electrons. The van der Waals surface area contributed by atoms with Gasteiger partial charge in [-0.25, -0.2) is 13.2 Å². The summed E-state index contributed by atoms with van der Waals surface area (Å²) in [5.74, 6) is 1.22. The molecule has 0 fully saturated rings. The number of carboxylic acid groups (broad SMARTS) is 1. The Labute approximate surface area is 234 Å². The van der Waals surface area contributed by atoms with Gasteiger partial charge in [0, 0.05) is 32.6 Å². The second kappa shape index (κ2) is 14.2. The Morgan fingerprint density at radius 2 is 1.77 bits per heavy atom. The molecular weight excluding hydrogens is 542 g/mol. The molecule has 0 saturated carbocycles. The lowest BCUT2D eigenvalue weighted by molar-refractivity contribution is -0.120. The van der Waals surface area contributed by atoms with Gasteiger partial charge in [-0.1, -0.05) is 26.0 Å². The summed E-state index contributed by atoms with van der Waals surface area (Å²) in [6.45, 7) is 3.85. The number of nitrogens with one attached hydrogen (secondary N) is 2. The van der Waals surface area contributed by atoms with Crippen LogP contribution >= 0.6 is 0 Å². The lowest BCUT2D eigenvalue weighted by Gasteiger charge is -2.30. The molecule has 0 unspecified atom stereocenters. The highest BCUT2D eigenvalue weighted by Crippen LogP contribution is 2.35. The third kappa shape index (κ3) is 8.73. The summed E-state index contributed by atoms with van der Waals surface area (Å²) in [6, 6.07) is 10.2. The lowest BCUT2D eigenvalue weighted by atomic mass is 10.0. The fourth-order valence-corrected chi connectivity index (χ4v) is 5.80. The van der Waals surface area contributed by atoms with E-state index < -0.39 is 28.3 Å². The lowest BCUT2D eigenvalue weighted by Crippen LogP contribution is -2.50. The summed E-state index contributed by atoms with van der Waals surface area (Å²) in [7, 11) is -2.48. The molecular formula is C27H37N3O9S. The van der Waals surface area contributed by atoms with E-state index in [1.807, 2.05) is 13.8 Å². The highest BCUT2D eigenvalue weighted by molar-refractivity contribution is 7.89. The largest absolute Gasteiger partial charge is 0.494 e. The highest BCUT2D eigenvalue weighted by atomic mass is 32.2. The Balaban J connectivity index is 1.70. The van der Waals surface area contributed by atoms with Crippen LogP contribution in [0.3, 0.4) is 0 Å². The van der Waals surface area contributed by atoms with Crippen LogP contribution in [0.15, 0.2) is 47.4 Å². The molecule has 0 aliphatic carbocycles. The zero-order valence-electron chi connectivity index (χ0n) is 22.8. The van der Waals surface area contributed by atoms with E-state index in [0.29, 0.717) is 42.3 Å². The van der Waals surface area contributed by atoms with Crippen molar-refractivity contribution < 1.29 is 42.4 Å². The summed E-state index contributed by atoms with van der Waals surface area (Å²) in [4.78, 5) is 22.8. The molecule has 2 atom stereocenters. The fourth-order valence-electron chi connectivity index (χ4n) is 4.17. The second-order valence-corrected chi connectivity index (χ2v) is 11.8. The van der Waals surface area contributed by atoms with E-state index in [1.165, 1.54) is 18.2 Å². The summed E-state index contributed by atoms with van der Waals surface area (Å²) in [5, 5.41) is 25.4. The summed E-state index contributed by atoms with van der Waals surface area (Å²) < 4.78 is 44.5. The summed E-state index contributed by atoms with van der Waals surface area (Å²) >= 11 is 0. The van der Waals surface area contributed by atoms with Gasteiger partial charge in [0.05, 0.1) is 23.6 Å². The number of carbonyl (C=O) groups is 2. The minimum absolute atomic E-state index is 0.000576. The second-order valence-electron chi connectivity index (χ2n) is 9.83. The monoisotopic (exact) mass is 579 g/mol. The maximum atomic E-state index is 13.6. The number of hydrogen-bond acceptors (Lipinski definition) is 8. The Hall–Kier alpha value is -3.55. The molecule has 1 aliphatic rings. The number of hydrogen-bond donors (Lipinski definition) is 4.